The minimum atomic E-state index is -3.61. The first-order chi connectivity index (χ1) is 14.7. The smallest absolute Gasteiger partial charge is 0.239 e. The first-order valence-corrected chi connectivity index (χ1v) is 11.7. The maximum absolute atomic E-state index is 11.9. The fourth-order valence-electron chi connectivity index (χ4n) is 3.38. The Morgan fingerprint density at radius 2 is 1.84 bits per heavy atom. The molecular weight excluding hydrogens is 438 g/mol. The summed E-state index contributed by atoms with van der Waals surface area (Å²) in [5.74, 6) is -0.628. The summed E-state index contributed by atoms with van der Waals surface area (Å²) in [6.45, 7) is 2.25. The van der Waals surface area contributed by atoms with Gasteiger partial charge in [0, 0.05) is 16.3 Å². The van der Waals surface area contributed by atoms with Crippen LogP contribution >= 0.6 is 11.6 Å². The normalized spacial score (nSPS) is 11.7. The summed E-state index contributed by atoms with van der Waals surface area (Å²) in [5.41, 5.74) is 4.82. The van der Waals surface area contributed by atoms with Crippen LogP contribution in [-0.2, 0) is 27.8 Å². The molecule has 160 valence electrons. The second-order valence-corrected chi connectivity index (χ2v) is 9.49. The minimum Gasteiger partial charge on any atom is -0.274 e. The van der Waals surface area contributed by atoms with Crippen molar-refractivity contribution in [2.45, 2.75) is 19.9 Å². The van der Waals surface area contributed by atoms with Crippen LogP contribution in [0, 0.1) is 6.92 Å². The number of hydrogen-bond acceptors (Lipinski definition) is 5. The average Bonchev–Trinajstić information content (AvgIpc) is 3.24. The molecule has 0 saturated carbocycles. The summed E-state index contributed by atoms with van der Waals surface area (Å²) in [6.07, 6.45) is 0.804. The van der Waals surface area contributed by atoms with Crippen LogP contribution < -0.4 is 4.72 Å². The Labute approximate surface area is 184 Å². The molecule has 0 unspecified atom stereocenters. The van der Waals surface area contributed by atoms with Gasteiger partial charge in [-0.25, -0.2) is 12.9 Å². The number of sulfonamides is 1. The van der Waals surface area contributed by atoms with E-state index in [4.69, 9.17) is 16.7 Å². The van der Waals surface area contributed by atoms with Crippen LogP contribution in [-0.4, -0.2) is 40.0 Å². The van der Waals surface area contributed by atoms with Crippen LogP contribution in [0.4, 0.5) is 0 Å². The number of fused-ring (bicyclic) bond motifs is 1. The lowest BCUT2D eigenvalue weighted by Gasteiger charge is -2.08. The van der Waals surface area contributed by atoms with E-state index in [-0.39, 0.29) is 6.42 Å². The van der Waals surface area contributed by atoms with E-state index in [2.05, 4.69) is 5.10 Å². The molecule has 0 aliphatic rings. The van der Waals surface area contributed by atoms with E-state index < -0.39 is 15.9 Å². The molecule has 0 aliphatic carbocycles. The number of pyridine rings is 1. The quantitative estimate of drug-likeness (QED) is 0.480. The molecule has 31 heavy (non-hydrogen) atoms. The van der Waals surface area contributed by atoms with Crippen LogP contribution in [0.1, 0.15) is 17.1 Å². The second kappa shape index (κ2) is 8.16. The van der Waals surface area contributed by atoms with Crippen molar-refractivity contribution in [3.8, 4) is 11.3 Å². The third-order valence-corrected chi connectivity index (χ3v) is 5.47. The summed E-state index contributed by atoms with van der Waals surface area (Å²) in [4.78, 5) is 11.9. The molecule has 1 aromatic carbocycles. The van der Waals surface area contributed by atoms with E-state index in [1.807, 2.05) is 64.7 Å². The van der Waals surface area contributed by atoms with Gasteiger partial charge in [0.1, 0.15) is 0 Å². The number of carbonyl (C=O) groups is 1. The topological polar surface area (TPSA) is 98.4 Å². The second-order valence-electron chi connectivity index (χ2n) is 7.31. The molecule has 1 amide bonds. The highest BCUT2D eigenvalue weighted by Crippen LogP contribution is 2.24. The molecule has 0 bridgehead atoms. The van der Waals surface area contributed by atoms with Gasteiger partial charge >= 0.3 is 0 Å². The van der Waals surface area contributed by atoms with Gasteiger partial charge in [-0.2, -0.15) is 10.2 Å². The largest absolute Gasteiger partial charge is 0.274 e. The molecule has 0 radical (unpaired) electrons. The zero-order valence-electron chi connectivity index (χ0n) is 16.9. The molecule has 3 aromatic heterocycles. The van der Waals surface area contributed by atoms with Gasteiger partial charge in [-0.1, -0.05) is 41.9 Å². The summed E-state index contributed by atoms with van der Waals surface area (Å²) in [6, 6.07) is 17.3. The molecule has 0 fully saturated rings. The van der Waals surface area contributed by atoms with E-state index in [9.17, 15) is 13.2 Å². The third kappa shape index (κ3) is 4.95. The van der Waals surface area contributed by atoms with E-state index in [1.54, 1.807) is 10.7 Å². The van der Waals surface area contributed by atoms with Crippen molar-refractivity contribution in [3.05, 3.63) is 76.7 Å². The van der Waals surface area contributed by atoms with Crippen molar-refractivity contribution in [1.29, 1.82) is 0 Å². The highest BCUT2D eigenvalue weighted by Gasteiger charge is 2.15. The van der Waals surface area contributed by atoms with E-state index in [0.29, 0.717) is 17.3 Å². The number of nitrogens with zero attached hydrogens (tertiary/aromatic N) is 4. The summed E-state index contributed by atoms with van der Waals surface area (Å²) in [5, 5.41) is 9.77. The average molecular weight is 458 g/mol. The van der Waals surface area contributed by atoms with Crippen LogP contribution in [0.3, 0.4) is 0 Å². The van der Waals surface area contributed by atoms with E-state index >= 15 is 0 Å². The van der Waals surface area contributed by atoms with Crippen molar-refractivity contribution in [1.82, 2.24) is 24.1 Å². The Bertz CT molecular complexity index is 1380. The number of benzene rings is 1. The Balaban J connectivity index is 1.63. The molecular formula is C21H20ClN5O3S. The number of aryl methyl sites for hydroxylation is 1. The van der Waals surface area contributed by atoms with Gasteiger partial charge in [0.2, 0.25) is 15.9 Å². The standard InChI is InChI=1S/C21H20ClN5O3S/c1-14-8-17(11-21(28)25-31(2,29)30)23-26(14)13-19-10-16(22)9-18-12-20(24-27(18)19)15-6-4-3-5-7-15/h3-10,12H,11,13H2,1-2H3,(H,25,28). The number of hydrogen-bond donors (Lipinski definition) is 1. The van der Waals surface area contributed by atoms with Crippen molar-refractivity contribution < 1.29 is 13.2 Å². The monoisotopic (exact) mass is 457 g/mol. The fraction of sp³-hybridized carbons (Fsp3) is 0.190. The van der Waals surface area contributed by atoms with Crippen molar-refractivity contribution in [2.24, 2.45) is 0 Å². The maximum Gasteiger partial charge on any atom is 0.239 e. The molecule has 0 atom stereocenters. The molecule has 8 nitrogen and oxygen atoms in total. The molecule has 0 spiro atoms. The van der Waals surface area contributed by atoms with E-state index in [0.717, 1.165) is 34.4 Å². The maximum atomic E-state index is 11.9. The van der Waals surface area contributed by atoms with Crippen molar-refractivity contribution in [3.63, 3.8) is 0 Å². The highest BCUT2D eigenvalue weighted by molar-refractivity contribution is 7.89. The highest BCUT2D eigenvalue weighted by atomic mass is 35.5. The summed E-state index contributed by atoms with van der Waals surface area (Å²) in [7, 11) is -3.61. The Morgan fingerprint density at radius 3 is 2.55 bits per heavy atom. The number of nitrogens with one attached hydrogen (secondary N) is 1. The van der Waals surface area contributed by atoms with Crippen molar-refractivity contribution >= 4 is 33.0 Å². The van der Waals surface area contributed by atoms with Gasteiger partial charge < -0.3 is 0 Å². The summed E-state index contributed by atoms with van der Waals surface area (Å²) < 4.78 is 28.0. The van der Waals surface area contributed by atoms with Crippen LogP contribution in [0.2, 0.25) is 5.02 Å². The minimum absolute atomic E-state index is 0.133. The van der Waals surface area contributed by atoms with Crippen LogP contribution in [0.25, 0.3) is 16.8 Å². The van der Waals surface area contributed by atoms with Gasteiger partial charge in [0.25, 0.3) is 0 Å². The van der Waals surface area contributed by atoms with Gasteiger partial charge in [-0.3, -0.25) is 14.2 Å². The van der Waals surface area contributed by atoms with Gasteiger partial charge in [0.15, 0.2) is 0 Å². The van der Waals surface area contributed by atoms with Gasteiger partial charge in [-0.15, -0.1) is 0 Å². The lowest BCUT2D eigenvalue weighted by Crippen LogP contribution is -2.30. The summed E-state index contributed by atoms with van der Waals surface area (Å²) >= 11 is 6.34. The Morgan fingerprint density at radius 1 is 1.10 bits per heavy atom. The molecule has 1 N–H and O–H groups in total. The Hall–Kier alpha value is -3.17. The van der Waals surface area contributed by atoms with Crippen LogP contribution in [0.15, 0.2) is 54.6 Å². The number of aromatic nitrogens is 4. The van der Waals surface area contributed by atoms with Gasteiger partial charge in [-0.05, 0) is 31.2 Å². The Kier molecular flexibility index (Phi) is 5.55. The predicted molar refractivity (Wildman–Crippen MR) is 118 cm³/mol. The number of amides is 1. The number of rotatable bonds is 6. The molecule has 0 aliphatic heterocycles. The lowest BCUT2D eigenvalue weighted by molar-refractivity contribution is -0.118. The van der Waals surface area contributed by atoms with Gasteiger partial charge in [0.05, 0.1) is 41.8 Å². The predicted octanol–water partition coefficient (Wildman–Crippen LogP) is 2.83. The van der Waals surface area contributed by atoms with Crippen LogP contribution in [0.5, 0.6) is 0 Å². The zero-order valence-corrected chi connectivity index (χ0v) is 18.5. The lowest BCUT2D eigenvalue weighted by atomic mass is 10.1. The molecule has 4 rings (SSSR count). The van der Waals surface area contributed by atoms with E-state index in [1.165, 1.54) is 0 Å². The third-order valence-electron chi connectivity index (χ3n) is 4.65. The van der Waals surface area contributed by atoms with Crippen molar-refractivity contribution in [2.75, 3.05) is 6.26 Å². The fourth-order valence-corrected chi connectivity index (χ4v) is 4.10. The SMILES string of the molecule is Cc1cc(CC(=O)NS(C)(=O)=O)nn1Cc1cc(Cl)cc2cc(-c3ccccc3)nn12. The zero-order chi connectivity index (χ0) is 22.2. The number of halogens is 1. The molecule has 10 heteroatoms. The first kappa shape index (κ1) is 21.1. The molecule has 3 heterocycles. The molecule has 0 saturated heterocycles. The number of carbonyl (C=O) groups excluding carboxylic acids is 1. The first-order valence-electron chi connectivity index (χ1n) is 9.45. The molecule has 4 aromatic rings.